The van der Waals surface area contributed by atoms with E-state index in [0.717, 1.165) is 0 Å². The normalized spacial score (nSPS) is 21.4. The van der Waals surface area contributed by atoms with Crippen molar-refractivity contribution in [1.82, 2.24) is 4.90 Å². The Balaban J connectivity index is 2.44. The number of aliphatic carboxylic acids is 1. The van der Waals surface area contributed by atoms with Gasteiger partial charge in [0.05, 0.1) is 12.3 Å². The molecule has 1 aliphatic heterocycles. The summed E-state index contributed by atoms with van der Waals surface area (Å²) in [6, 6.07) is 0. The van der Waals surface area contributed by atoms with E-state index >= 15 is 0 Å². The third kappa shape index (κ3) is 4.62. The van der Waals surface area contributed by atoms with Gasteiger partial charge >= 0.3 is 12.1 Å². The van der Waals surface area contributed by atoms with Crippen molar-refractivity contribution in [3.8, 4) is 0 Å². The Morgan fingerprint density at radius 3 is 2.53 bits per heavy atom. The van der Waals surface area contributed by atoms with Gasteiger partial charge in [0.15, 0.2) is 0 Å². The van der Waals surface area contributed by atoms with Crippen molar-refractivity contribution in [3.63, 3.8) is 0 Å². The molecule has 0 aliphatic carbocycles. The van der Waals surface area contributed by atoms with Crippen LogP contribution in [-0.2, 0) is 9.59 Å². The zero-order valence-corrected chi connectivity index (χ0v) is 9.16. The van der Waals surface area contributed by atoms with Crippen LogP contribution in [0.3, 0.4) is 0 Å². The van der Waals surface area contributed by atoms with Gasteiger partial charge < -0.3 is 10.0 Å². The zero-order chi connectivity index (χ0) is 13.1. The number of hydrogen-bond acceptors (Lipinski definition) is 2. The van der Waals surface area contributed by atoms with Gasteiger partial charge in [0.25, 0.3) is 0 Å². The lowest BCUT2D eigenvalue weighted by molar-refractivity contribution is -0.152. The van der Waals surface area contributed by atoms with Crippen molar-refractivity contribution in [2.45, 2.75) is 31.9 Å². The maximum atomic E-state index is 11.9. The molecule has 0 unspecified atom stereocenters. The topological polar surface area (TPSA) is 57.6 Å². The van der Waals surface area contributed by atoms with Crippen LogP contribution in [-0.4, -0.2) is 41.1 Å². The summed E-state index contributed by atoms with van der Waals surface area (Å²) in [4.78, 5) is 23.4. The Kier molecular flexibility index (Phi) is 4.36. The third-order valence-corrected chi connectivity index (χ3v) is 2.75. The van der Waals surface area contributed by atoms with E-state index < -0.39 is 36.8 Å². The van der Waals surface area contributed by atoms with E-state index in [1.807, 2.05) is 0 Å². The van der Waals surface area contributed by atoms with E-state index in [0.29, 0.717) is 19.4 Å². The van der Waals surface area contributed by atoms with E-state index in [1.165, 1.54) is 4.90 Å². The van der Waals surface area contributed by atoms with Crippen LogP contribution in [0.15, 0.2) is 0 Å². The fourth-order valence-electron chi connectivity index (χ4n) is 1.81. The van der Waals surface area contributed by atoms with Crippen molar-refractivity contribution >= 4 is 11.9 Å². The van der Waals surface area contributed by atoms with Gasteiger partial charge in [0.2, 0.25) is 5.91 Å². The van der Waals surface area contributed by atoms with Gasteiger partial charge in [-0.1, -0.05) is 0 Å². The average molecular weight is 253 g/mol. The number of carboxylic acid groups (broad SMARTS) is 1. The molecule has 0 aromatic carbocycles. The lowest BCUT2D eigenvalue weighted by Crippen LogP contribution is -2.42. The van der Waals surface area contributed by atoms with Crippen molar-refractivity contribution in [3.05, 3.63) is 0 Å². The first-order chi connectivity index (χ1) is 7.79. The zero-order valence-electron chi connectivity index (χ0n) is 9.16. The van der Waals surface area contributed by atoms with Crippen LogP contribution in [0.4, 0.5) is 13.2 Å². The van der Waals surface area contributed by atoms with Crippen LogP contribution >= 0.6 is 0 Å². The second-order valence-corrected chi connectivity index (χ2v) is 4.13. The van der Waals surface area contributed by atoms with Crippen LogP contribution in [0.1, 0.15) is 25.7 Å². The molecule has 0 aromatic rings. The largest absolute Gasteiger partial charge is 0.481 e. The van der Waals surface area contributed by atoms with E-state index in [4.69, 9.17) is 5.11 Å². The van der Waals surface area contributed by atoms with E-state index in [9.17, 15) is 22.8 Å². The first-order valence-corrected chi connectivity index (χ1v) is 5.37. The molecule has 1 fully saturated rings. The van der Waals surface area contributed by atoms with E-state index in [1.54, 1.807) is 0 Å². The first kappa shape index (κ1) is 13.8. The number of nitrogens with zero attached hydrogens (tertiary/aromatic N) is 1. The molecule has 98 valence electrons. The van der Waals surface area contributed by atoms with Gasteiger partial charge in [-0.15, -0.1) is 0 Å². The molecule has 1 N–H and O–H groups in total. The molecule has 1 amide bonds. The number of carboxylic acids is 1. The van der Waals surface area contributed by atoms with Crippen molar-refractivity contribution in [2.24, 2.45) is 5.92 Å². The number of halogens is 3. The Morgan fingerprint density at radius 1 is 1.35 bits per heavy atom. The molecule has 4 nitrogen and oxygen atoms in total. The minimum atomic E-state index is -4.35. The molecule has 0 spiro atoms. The summed E-state index contributed by atoms with van der Waals surface area (Å²) in [7, 11) is 0. The number of carbonyl (C=O) groups excluding carboxylic acids is 1. The molecular formula is C10H14F3NO3. The van der Waals surface area contributed by atoms with Gasteiger partial charge in [0, 0.05) is 19.5 Å². The third-order valence-electron chi connectivity index (χ3n) is 2.75. The fraction of sp³-hybridized carbons (Fsp3) is 0.800. The highest BCUT2D eigenvalue weighted by Crippen LogP contribution is 2.23. The molecule has 1 aliphatic rings. The minimum Gasteiger partial charge on any atom is -0.481 e. The van der Waals surface area contributed by atoms with E-state index in [2.05, 4.69) is 0 Å². The molecular weight excluding hydrogens is 239 g/mol. The smallest absolute Gasteiger partial charge is 0.389 e. The Hall–Kier alpha value is -1.27. The van der Waals surface area contributed by atoms with Gasteiger partial charge in [-0.2, -0.15) is 13.2 Å². The number of alkyl halides is 3. The first-order valence-electron chi connectivity index (χ1n) is 5.37. The molecule has 0 saturated carbocycles. The molecule has 0 bridgehead atoms. The maximum absolute atomic E-state index is 11.9. The summed E-state index contributed by atoms with van der Waals surface area (Å²) in [5.41, 5.74) is 0. The monoisotopic (exact) mass is 253 g/mol. The Bertz CT molecular complexity index is 304. The predicted molar refractivity (Wildman–Crippen MR) is 52.2 cm³/mol. The van der Waals surface area contributed by atoms with Crippen molar-refractivity contribution in [2.75, 3.05) is 13.1 Å². The summed E-state index contributed by atoms with van der Waals surface area (Å²) < 4.78 is 35.8. The lowest BCUT2D eigenvalue weighted by atomic mass is 9.98. The van der Waals surface area contributed by atoms with Crippen LogP contribution in [0.25, 0.3) is 0 Å². The Labute approximate surface area is 96.4 Å². The lowest BCUT2D eigenvalue weighted by Gasteiger charge is -2.30. The summed E-state index contributed by atoms with van der Waals surface area (Å²) in [6.45, 7) is 0.368. The number of hydrogen-bond donors (Lipinski definition) is 1. The number of piperidine rings is 1. The minimum absolute atomic E-state index is 0.0199. The molecule has 1 rings (SSSR count). The highest BCUT2D eigenvalue weighted by atomic mass is 19.4. The quantitative estimate of drug-likeness (QED) is 0.832. The van der Waals surface area contributed by atoms with Crippen molar-refractivity contribution < 1.29 is 27.9 Å². The molecule has 1 heterocycles. The second kappa shape index (κ2) is 5.37. The van der Waals surface area contributed by atoms with Crippen LogP contribution in [0.5, 0.6) is 0 Å². The fourth-order valence-corrected chi connectivity index (χ4v) is 1.81. The summed E-state index contributed by atoms with van der Waals surface area (Å²) >= 11 is 0. The highest BCUT2D eigenvalue weighted by Gasteiger charge is 2.32. The molecule has 1 atom stereocenters. The number of rotatable bonds is 3. The highest BCUT2D eigenvalue weighted by molar-refractivity contribution is 5.78. The number of amides is 1. The summed E-state index contributed by atoms with van der Waals surface area (Å²) in [5, 5.41) is 8.78. The van der Waals surface area contributed by atoms with Gasteiger partial charge in [-0.3, -0.25) is 9.59 Å². The standard InChI is InChI=1S/C10H14F3NO3/c11-10(12,13)4-3-8(15)14-5-1-2-7(6-14)9(16)17/h7H,1-6H2,(H,16,17)/t7-/m1/s1. The maximum Gasteiger partial charge on any atom is 0.389 e. The molecule has 7 heteroatoms. The summed E-state index contributed by atoms with van der Waals surface area (Å²) in [6.07, 6.45) is -5.11. The molecule has 0 radical (unpaired) electrons. The van der Waals surface area contributed by atoms with Crippen LogP contribution < -0.4 is 0 Å². The summed E-state index contributed by atoms with van der Waals surface area (Å²) in [5.74, 6) is -2.27. The van der Waals surface area contributed by atoms with Crippen molar-refractivity contribution in [1.29, 1.82) is 0 Å². The molecule has 0 aromatic heterocycles. The molecule has 1 saturated heterocycles. The van der Waals surface area contributed by atoms with E-state index in [-0.39, 0.29) is 6.54 Å². The molecule has 17 heavy (non-hydrogen) atoms. The average Bonchev–Trinajstić information content (AvgIpc) is 2.25. The van der Waals surface area contributed by atoms with Gasteiger partial charge in [0.1, 0.15) is 0 Å². The van der Waals surface area contributed by atoms with Crippen LogP contribution in [0, 0.1) is 5.92 Å². The number of likely N-dealkylation sites (tertiary alicyclic amines) is 1. The van der Waals surface area contributed by atoms with Crippen LogP contribution in [0.2, 0.25) is 0 Å². The van der Waals surface area contributed by atoms with Gasteiger partial charge in [-0.05, 0) is 12.8 Å². The van der Waals surface area contributed by atoms with Gasteiger partial charge in [-0.25, -0.2) is 0 Å². The SMILES string of the molecule is O=C(O)[C@@H]1CCCN(C(=O)CCC(F)(F)F)C1. The number of carbonyl (C=O) groups is 2. The second-order valence-electron chi connectivity index (χ2n) is 4.13. The Morgan fingerprint density at radius 2 is 2.00 bits per heavy atom. The predicted octanol–water partition coefficient (Wildman–Crippen LogP) is 1.65.